The maximum Gasteiger partial charge on any atom is 0.126 e. The third kappa shape index (κ3) is 22.6. The largest absolute Gasteiger partial charge is 0.207 e. The van der Waals surface area contributed by atoms with Gasteiger partial charge in [0.1, 0.15) is 11.6 Å². The van der Waals surface area contributed by atoms with E-state index in [4.69, 9.17) is 0 Å². The fourth-order valence-electron chi connectivity index (χ4n) is 6.06. The molecule has 0 aromatic heterocycles. The number of hydrogen-bond acceptors (Lipinski definition) is 0. The molecular weight excluding hydrogens is 747 g/mol. The summed E-state index contributed by atoms with van der Waals surface area (Å²) in [5.74, 6) is 3.16. The highest BCUT2D eigenvalue weighted by atomic mass is 19.1. The Balaban J connectivity index is 0.000000366. The molecule has 0 atom stereocenters. The van der Waals surface area contributed by atoms with Crippen LogP contribution in [0.2, 0.25) is 0 Å². The molecule has 0 N–H and O–H groups in total. The number of benzene rings is 6. The van der Waals surface area contributed by atoms with E-state index >= 15 is 0 Å². The van der Waals surface area contributed by atoms with Crippen LogP contribution < -0.4 is 0 Å². The van der Waals surface area contributed by atoms with Gasteiger partial charge in [0.25, 0.3) is 0 Å². The fraction of sp³-hybridized carbons (Fsp3) is 0.390. The second-order valence-electron chi connectivity index (χ2n) is 18.1. The van der Waals surface area contributed by atoms with Gasteiger partial charge in [-0.15, -0.1) is 0 Å². The van der Waals surface area contributed by atoms with Crippen LogP contribution in [0.3, 0.4) is 0 Å². The molecule has 6 aromatic carbocycles. The van der Waals surface area contributed by atoms with Gasteiger partial charge in [-0.3, -0.25) is 0 Å². The number of halogens is 2. The summed E-state index contributed by atoms with van der Waals surface area (Å²) in [6, 6.07) is 47.0. The average molecular weight is 827 g/mol. The molecule has 0 unspecified atom stereocenters. The van der Waals surface area contributed by atoms with E-state index in [1.54, 1.807) is 13.0 Å². The monoisotopic (exact) mass is 827 g/mol. The normalized spacial score (nSPS) is 10.4. The molecule has 6 rings (SSSR count). The lowest BCUT2D eigenvalue weighted by molar-refractivity contribution is 0.597. The van der Waals surface area contributed by atoms with Crippen molar-refractivity contribution in [1.29, 1.82) is 0 Å². The van der Waals surface area contributed by atoms with Gasteiger partial charge in [-0.05, 0) is 121 Å². The van der Waals surface area contributed by atoms with E-state index < -0.39 is 0 Å². The van der Waals surface area contributed by atoms with Crippen molar-refractivity contribution in [1.82, 2.24) is 0 Å². The topological polar surface area (TPSA) is 0 Å². The molecule has 0 bridgehead atoms. The van der Waals surface area contributed by atoms with Crippen LogP contribution >= 0.6 is 0 Å². The Morgan fingerprint density at radius 2 is 0.607 bits per heavy atom. The first-order valence-corrected chi connectivity index (χ1v) is 22.4. The molecule has 0 heterocycles. The Kier molecular flexibility index (Phi) is 25.5. The minimum Gasteiger partial charge on any atom is -0.207 e. The maximum absolute atomic E-state index is 13.0. The van der Waals surface area contributed by atoms with Crippen molar-refractivity contribution in [3.8, 4) is 0 Å². The summed E-state index contributed by atoms with van der Waals surface area (Å²) in [5, 5.41) is 0. The Morgan fingerprint density at radius 3 is 0.885 bits per heavy atom. The number of aryl methyl sites for hydroxylation is 5. The summed E-state index contributed by atoms with van der Waals surface area (Å²) in [5.41, 5.74) is 13.6. The average Bonchev–Trinajstić information content (AvgIpc) is 3.21. The van der Waals surface area contributed by atoms with Gasteiger partial charge in [0.2, 0.25) is 0 Å². The highest BCUT2D eigenvalue weighted by Crippen LogP contribution is 2.20. The fourth-order valence-corrected chi connectivity index (χ4v) is 6.06. The minimum absolute atomic E-state index is 0.0920. The van der Waals surface area contributed by atoms with Crippen LogP contribution in [0, 0.1) is 46.3 Å². The smallest absolute Gasteiger partial charge is 0.126 e. The van der Waals surface area contributed by atoms with Crippen LogP contribution in [-0.2, 0) is 0 Å². The van der Waals surface area contributed by atoms with Gasteiger partial charge < -0.3 is 0 Å². The van der Waals surface area contributed by atoms with Crippen molar-refractivity contribution in [3.05, 3.63) is 212 Å². The predicted octanol–water partition coefficient (Wildman–Crippen LogP) is 18.7. The summed E-state index contributed by atoms with van der Waals surface area (Å²) in [6.45, 7) is 36.1. The van der Waals surface area contributed by atoms with Gasteiger partial charge in [0.05, 0.1) is 0 Å². The Labute approximate surface area is 372 Å². The first kappa shape index (κ1) is 54.2. The molecule has 0 amide bonds. The van der Waals surface area contributed by atoms with Gasteiger partial charge in [0, 0.05) is 0 Å². The molecule has 0 fully saturated rings. The summed E-state index contributed by atoms with van der Waals surface area (Å²) >= 11 is 0. The molecule has 0 saturated carbocycles. The van der Waals surface area contributed by atoms with Crippen LogP contribution in [0.5, 0.6) is 0 Å². The molecule has 0 nitrogen and oxygen atoms in total. The number of hydrogen-bond donors (Lipinski definition) is 0. The molecule has 6 aromatic rings. The summed E-state index contributed by atoms with van der Waals surface area (Å²) in [7, 11) is 0. The Hall–Kier alpha value is -4.82. The van der Waals surface area contributed by atoms with E-state index in [-0.39, 0.29) is 17.6 Å². The van der Waals surface area contributed by atoms with Gasteiger partial charge in [-0.2, -0.15) is 0 Å². The molecular formula is C59H80F2. The lowest BCUT2D eigenvalue weighted by Crippen LogP contribution is -1.92. The van der Waals surface area contributed by atoms with E-state index in [2.05, 4.69) is 187 Å². The van der Waals surface area contributed by atoms with E-state index in [0.717, 1.165) is 16.7 Å². The van der Waals surface area contributed by atoms with Gasteiger partial charge in [-0.25, -0.2) is 8.78 Å². The second-order valence-corrected chi connectivity index (χ2v) is 18.1. The highest BCUT2D eigenvalue weighted by molar-refractivity contribution is 5.28. The van der Waals surface area contributed by atoms with Crippen LogP contribution in [0.1, 0.15) is 180 Å². The van der Waals surface area contributed by atoms with Gasteiger partial charge in [-0.1, -0.05) is 233 Å². The first-order chi connectivity index (χ1) is 28.6. The van der Waals surface area contributed by atoms with Crippen molar-refractivity contribution in [3.63, 3.8) is 0 Å². The predicted molar refractivity (Wildman–Crippen MR) is 267 cm³/mol. The van der Waals surface area contributed by atoms with Crippen LogP contribution in [0.4, 0.5) is 8.78 Å². The zero-order valence-electron chi connectivity index (χ0n) is 41.0. The highest BCUT2D eigenvalue weighted by Gasteiger charge is 2.05. The van der Waals surface area contributed by atoms with Gasteiger partial charge in [0.15, 0.2) is 0 Å². The van der Waals surface area contributed by atoms with E-state index in [1.807, 2.05) is 45.0 Å². The third-order valence-electron chi connectivity index (χ3n) is 10.2. The molecule has 0 aliphatic carbocycles. The quantitative estimate of drug-likeness (QED) is 0.157. The van der Waals surface area contributed by atoms with E-state index in [9.17, 15) is 8.78 Å². The standard InChI is InChI=1S/2C10H13F.3C10H14.C9H12/c1-7(2)9-4-5-10(11)8(3)6-9;1-7(2)9-6-8(3)4-5-10(9)11;3*1-8(2)10-6-4-5-9(3)7-10;1-8(2)9-6-4-3-5-7-9/h2*4-7H,1-3H3;3*4-8H,1-3H3;3-8H,1-2H3. The van der Waals surface area contributed by atoms with Crippen molar-refractivity contribution in [2.75, 3.05) is 0 Å². The number of rotatable bonds is 6. The first-order valence-electron chi connectivity index (χ1n) is 22.4. The molecule has 0 saturated heterocycles. The third-order valence-corrected chi connectivity index (χ3v) is 10.2. The molecule has 2 heteroatoms. The maximum atomic E-state index is 13.0. The van der Waals surface area contributed by atoms with Gasteiger partial charge >= 0.3 is 0 Å². The van der Waals surface area contributed by atoms with Crippen molar-refractivity contribution in [2.24, 2.45) is 0 Å². The summed E-state index contributed by atoms with van der Waals surface area (Å²) in [4.78, 5) is 0. The van der Waals surface area contributed by atoms with Crippen LogP contribution in [-0.4, -0.2) is 0 Å². The van der Waals surface area contributed by atoms with Crippen LogP contribution in [0.15, 0.2) is 140 Å². The molecule has 61 heavy (non-hydrogen) atoms. The lowest BCUT2D eigenvalue weighted by atomic mass is 10.0. The van der Waals surface area contributed by atoms with Crippen LogP contribution in [0.25, 0.3) is 0 Å². The molecule has 0 spiro atoms. The Morgan fingerprint density at radius 1 is 0.279 bits per heavy atom. The molecule has 0 radical (unpaired) electrons. The van der Waals surface area contributed by atoms with Crippen molar-refractivity contribution in [2.45, 2.75) is 153 Å². The van der Waals surface area contributed by atoms with Crippen molar-refractivity contribution < 1.29 is 8.78 Å². The minimum atomic E-state index is -0.116. The lowest BCUT2D eigenvalue weighted by Gasteiger charge is -2.06. The Bertz CT molecular complexity index is 1960. The van der Waals surface area contributed by atoms with E-state index in [0.29, 0.717) is 29.6 Å². The summed E-state index contributed by atoms with van der Waals surface area (Å²) < 4.78 is 25.8. The second kappa shape index (κ2) is 28.7. The summed E-state index contributed by atoms with van der Waals surface area (Å²) in [6.07, 6.45) is 0. The SMILES string of the molecule is CC(C)c1ccccc1.Cc1cc(C(C)C)ccc1F.Cc1ccc(F)c(C(C)C)c1.Cc1cccc(C(C)C)c1.Cc1cccc(C(C)C)c1.Cc1cccc(C(C)C)c1. The van der Waals surface area contributed by atoms with E-state index in [1.165, 1.54) is 56.6 Å². The van der Waals surface area contributed by atoms with Crippen molar-refractivity contribution >= 4 is 0 Å². The molecule has 0 aliphatic heterocycles. The molecule has 330 valence electrons. The zero-order valence-corrected chi connectivity index (χ0v) is 41.0. The zero-order chi connectivity index (χ0) is 46.2. The molecule has 0 aliphatic rings.